The summed E-state index contributed by atoms with van der Waals surface area (Å²) >= 11 is 0. The van der Waals surface area contributed by atoms with Crippen molar-refractivity contribution in [2.75, 3.05) is 0 Å². The number of carbonyl (C=O) groups is 1. The number of nitrogens with one attached hydrogen (secondary N) is 1. The molecule has 0 saturated heterocycles. The van der Waals surface area contributed by atoms with Crippen LogP contribution in [0, 0.1) is 5.82 Å². The number of carboxylic acids is 1. The summed E-state index contributed by atoms with van der Waals surface area (Å²) in [5.74, 6) is -0.762. The maximum Gasteiger partial charge on any atom is 0.324 e. The van der Waals surface area contributed by atoms with Gasteiger partial charge in [-0.25, -0.2) is 4.39 Å². The van der Waals surface area contributed by atoms with E-state index in [0.717, 1.165) is 0 Å². The number of benzene rings is 1. The number of rotatable bonds is 5. The van der Waals surface area contributed by atoms with E-state index in [1.807, 2.05) is 13.8 Å². The molecule has 2 unspecified atom stereocenters. The van der Waals surface area contributed by atoms with Gasteiger partial charge in [-0.15, -0.1) is 0 Å². The van der Waals surface area contributed by atoms with Gasteiger partial charge in [0.1, 0.15) is 23.2 Å². The molecule has 2 rings (SSSR count). The molecule has 0 heterocycles. The molecule has 0 aromatic heterocycles. The fraction of sp³-hybridized carbons (Fsp3) is 0.533. The quantitative estimate of drug-likeness (QED) is 0.871. The third-order valence-corrected chi connectivity index (χ3v) is 3.54. The summed E-state index contributed by atoms with van der Waals surface area (Å²) in [6.45, 7) is 3.84. The van der Waals surface area contributed by atoms with Crippen molar-refractivity contribution in [1.82, 2.24) is 5.32 Å². The Morgan fingerprint density at radius 3 is 2.90 bits per heavy atom. The Balaban J connectivity index is 2.05. The molecular weight excluding hydrogens is 261 g/mol. The molecule has 0 aliphatic heterocycles. The topological polar surface area (TPSA) is 58.6 Å². The van der Waals surface area contributed by atoms with Gasteiger partial charge in [-0.1, -0.05) is 6.07 Å². The first-order chi connectivity index (χ1) is 9.41. The van der Waals surface area contributed by atoms with Gasteiger partial charge in [0.2, 0.25) is 0 Å². The highest BCUT2D eigenvalue weighted by molar-refractivity contribution is 5.79. The highest BCUT2D eigenvalue weighted by Crippen LogP contribution is 2.33. The van der Waals surface area contributed by atoms with E-state index in [1.54, 1.807) is 12.1 Å². The van der Waals surface area contributed by atoms with Gasteiger partial charge < -0.3 is 9.84 Å². The predicted octanol–water partition coefficient (Wildman–Crippen LogP) is 2.58. The Labute approximate surface area is 117 Å². The number of carboxylic acid groups (broad SMARTS) is 1. The van der Waals surface area contributed by atoms with Crippen LogP contribution in [0.15, 0.2) is 24.3 Å². The lowest BCUT2D eigenvalue weighted by Crippen LogP contribution is -2.53. The molecule has 4 nitrogen and oxygen atoms in total. The average molecular weight is 281 g/mol. The van der Waals surface area contributed by atoms with Gasteiger partial charge in [0, 0.05) is 18.5 Å². The molecular formula is C15H20FNO3. The van der Waals surface area contributed by atoms with Crippen molar-refractivity contribution >= 4 is 5.97 Å². The summed E-state index contributed by atoms with van der Waals surface area (Å²) in [7, 11) is 0. The van der Waals surface area contributed by atoms with Gasteiger partial charge in [-0.05, 0) is 38.8 Å². The molecule has 0 bridgehead atoms. The Kier molecular flexibility index (Phi) is 4.28. The molecule has 20 heavy (non-hydrogen) atoms. The zero-order chi connectivity index (χ0) is 14.8. The first kappa shape index (κ1) is 14.8. The zero-order valence-corrected chi connectivity index (χ0v) is 11.7. The second-order valence-electron chi connectivity index (χ2n) is 5.63. The lowest BCUT2D eigenvalue weighted by molar-refractivity contribution is -0.145. The highest BCUT2D eigenvalue weighted by atomic mass is 19.1. The average Bonchev–Trinajstić information content (AvgIpc) is 2.72. The molecule has 1 fully saturated rings. The van der Waals surface area contributed by atoms with Gasteiger partial charge in [0.15, 0.2) is 0 Å². The molecule has 1 saturated carbocycles. The number of hydrogen-bond donors (Lipinski definition) is 2. The van der Waals surface area contributed by atoms with Crippen molar-refractivity contribution < 1.29 is 19.0 Å². The maximum absolute atomic E-state index is 13.1. The summed E-state index contributed by atoms with van der Waals surface area (Å²) < 4.78 is 18.8. The molecule has 1 aromatic rings. The minimum absolute atomic E-state index is 0.0824. The summed E-state index contributed by atoms with van der Waals surface area (Å²) in [6.07, 6.45) is 1.33. The summed E-state index contributed by atoms with van der Waals surface area (Å²) in [4.78, 5) is 11.5. The Hall–Kier alpha value is -1.62. The second kappa shape index (κ2) is 5.79. The lowest BCUT2D eigenvalue weighted by atomic mass is 9.96. The van der Waals surface area contributed by atoms with Crippen LogP contribution >= 0.6 is 0 Å². The van der Waals surface area contributed by atoms with Crippen LogP contribution in [0.4, 0.5) is 4.39 Å². The van der Waals surface area contributed by atoms with Gasteiger partial charge in [-0.3, -0.25) is 10.1 Å². The highest BCUT2D eigenvalue weighted by Gasteiger charge is 2.46. The van der Waals surface area contributed by atoms with E-state index in [4.69, 9.17) is 4.74 Å². The Morgan fingerprint density at radius 2 is 2.30 bits per heavy atom. The van der Waals surface area contributed by atoms with Gasteiger partial charge in [0.05, 0.1) is 0 Å². The molecule has 0 spiro atoms. The van der Waals surface area contributed by atoms with E-state index >= 15 is 0 Å². The summed E-state index contributed by atoms with van der Waals surface area (Å²) in [6, 6.07) is 6.01. The smallest absolute Gasteiger partial charge is 0.324 e. The first-order valence-corrected chi connectivity index (χ1v) is 6.84. The molecule has 1 aromatic carbocycles. The van der Waals surface area contributed by atoms with Crippen molar-refractivity contribution in [3.8, 4) is 5.75 Å². The lowest BCUT2D eigenvalue weighted by Gasteiger charge is -2.28. The van der Waals surface area contributed by atoms with Crippen LogP contribution in [0.25, 0.3) is 0 Å². The second-order valence-corrected chi connectivity index (χ2v) is 5.63. The number of ether oxygens (including phenoxy) is 1. The fourth-order valence-corrected chi connectivity index (χ4v) is 2.77. The standard InChI is InChI=1S/C15H20FNO3/c1-10(2)17-15(14(18)19)7-6-13(9-15)20-12-5-3-4-11(16)8-12/h3-5,8,10,13,17H,6-7,9H2,1-2H3,(H,18,19). The molecule has 0 radical (unpaired) electrons. The van der Waals surface area contributed by atoms with Gasteiger partial charge in [-0.2, -0.15) is 0 Å². The van der Waals surface area contributed by atoms with Gasteiger partial charge >= 0.3 is 5.97 Å². The van der Waals surface area contributed by atoms with Crippen molar-refractivity contribution in [3.63, 3.8) is 0 Å². The predicted molar refractivity (Wildman–Crippen MR) is 73.3 cm³/mol. The van der Waals surface area contributed by atoms with E-state index < -0.39 is 11.5 Å². The Morgan fingerprint density at radius 1 is 1.55 bits per heavy atom. The van der Waals surface area contributed by atoms with E-state index in [0.29, 0.717) is 25.0 Å². The molecule has 1 aliphatic carbocycles. The van der Waals surface area contributed by atoms with Crippen LogP contribution < -0.4 is 10.1 Å². The third kappa shape index (κ3) is 3.28. The molecule has 5 heteroatoms. The SMILES string of the molecule is CC(C)NC1(C(=O)O)CCC(Oc2cccc(F)c2)C1. The van der Waals surface area contributed by atoms with Crippen molar-refractivity contribution in [2.24, 2.45) is 0 Å². The van der Waals surface area contributed by atoms with Crippen molar-refractivity contribution in [3.05, 3.63) is 30.1 Å². The number of aliphatic carboxylic acids is 1. The Bertz CT molecular complexity index is 492. The van der Waals surface area contributed by atoms with E-state index in [-0.39, 0.29) is 18.0 Å². The van der Waals surface area contributed by atoms with Crippen molar-refractivity contribution in [1.29, 1.82) is 0 Å². The molecule has 2 atom stereocenters. The monoisotopic (exact) mass is 281 g/mol. The van der Waals surface area contributed by atoms with Crippen LogP contribution in [-0.2, 0) is 4.79 Å². The van der Waals surface area contributed by atoms with E-state index in [2.05, 4.69) is 5.32 Å². The van der Waals surface area contributed by atoms with Crippen molar-refractivity contribution in [2.45, 2.75) is 50.8 Å². The van der Waals surface area contributed by atoms with Crippen LogP contribution in [0.3, 0.4) is 0 Å². The normalized spacial score (nSPS) is 25.9. The zero-order valence-electron chi connectivity index (χ0n) is 11.7. The minimum Gasteiger partial charge on any atom is -0.490 e. The molecule has 2 N–H and O–H groups in total. The van der Waals surface area contributed by atoms with Crippen LogP contribution in [0.5, 0.6) is 5.75 Å². The molecule has 110 valence electrons. The first-order valence-electron chi connectivity index (χ1n) is 6.84. The van der Waals surface area contributed by atoms with Crippen LogP contribution in [0.2, 0.25) is 0 Å². The summed E-state index contributed by atoms with van der Waals surface area (Å²) in [5.41, 5.74) is -0.938. The fourth-order valence-electron chi connectivity index (χ4n) is 2.77. The van der Waals surface area contributed by atoms with E-state index in [1.165, 1.54) is 12.1 Å². The van der Waals surface area contributed by atoms with Gasteiger partial charge in [0.25, 0.3) is 0 Å². The number of halogens is 1. The largest absolute Gasteiger partial charge is 0.490 e. The molecule has 1 aliphatic rings. The van der Waals surface area contributed by atoms with Crippen LogP contribution in [0.1, 0.15) is 33.1 Å². The number of hydrogen-bond acceptors (Lipinski definition) is 3. The van der Waals surface area contributed by atoms with E-state index in [9.17, 15) is 14.3 Å². The maximum atomic E-state index is 13.1. The third-order valence-electron chi connectivity index (χ3n) is 3.54. The minimum atomic E-state index is -0.938. The molecule has 0 amide bonds. The summed E-state index contributed by atoms with van der Waals surface area (Å²) in [5, 5.41) is 12.6. The van der Waals surface area contributed by atoms with Crippen LogP contribution in [-0.4, -0.2) is 28.8 Å².